The maximum absolute atomic E-state index is 12.8. The Hall–Kier alpha value is -4.01. The highest BCUT2D eigenvalue weighted by Gasteiger charge is 2.35. The number of amides is 1. The number of halogens is 3. The quantitative estimate of drug-likeness (QED) is 0.363. The molecule has 2 aromatic carbocycles. The first kappa shape index (κ1) is 18.0. The normalized spacial score (nSPS) is 12.0. The Morgan fingerprint density at radius 2 is 1.90 bits per heavy atom. The van der Waals surface area contributed by atoms with Crippen LogP contribution in [0.4, 0.5) is 18.9 Å². The van der Waals surface area contributed by atoms with Crippen molar-refractivity contribution in [1.82, 2.24) is 15.2 Å². The first-order chi connectivity index (χ1) is 14.4. The van der Waals surface area contributed by atoms with Crippen molar-refractivity contribution >= 4 is 33.4 Å². The Bertz CT molecular complexity index is 1390. The summed E-state index contributed by atoms with van der Waals surface area (Å²) in [7, 11) is 0. The van der Waals surface area contributed by atoms with Gasteiger partial charge in [0.15, 0.2) is 5.76 Å². The molecule has 9 heteroatoms. The van der Waals surface area contributed by atoms with Gasteiger partial charge in [0.25, 0.3) is 5.91 Å². The van der Waals surface area contributed by atoms with Gasteiger partial charge in [0.05, 0.1) is 17.4 Å². The van der Waals surface area contributed by atoms with E-state index >= 15 is 0 Å². The van der Waals surface area contributed by atoms with E-state index in [2.05, 4.69) is 24.9 Å². The Morgan fingerprint density at radius 1 is 1.03 bits per heavy atom. The van der Waals surface area contributed by atoms with Gasteiger partial charge in [-0.05, 0) is 47.5 Å². The van der Waals surface area contributed by atoms with Crippen LogP contribution in [0.2, 0.25) is 0 Å². The number of anilines is 1. The van der Waals surface area contributed by atoms with Gasteiger partial charge in [-0.1, -0.05) is 12.1 Å². The van der Waals surface area contributed by atoms with Gasteiger partial charge in [0.1, 0.15) is 0 Å². The van der Waals surface area contributed by atoms with Gasteiger partial charge in [0.2, 0.25) is 5.76 Å². The van der Waals surface area contributed by atoms with Crippen LogP contribution < -0.4 is 5.32 Å². The largest absolute Gasteiger partial charge is 0.449 e. The SMILES string of the molecule is O=C(Nc1cc(-c2cccc3[nH]ccc23)cc2[nH]ncc12)c1ccc(C(F)(F)F)o1. The number of H-pyrrole nitrogens is 2. The lowest BCUT2D eigenvalue weighted by Gasteiger charge is -2.10. The number of aromatic amines is 2. The van der Waals surface area contributed by atoms with Crippen molar-refractivity contribution in [2.45, 2.75) is 6.18 Å². The summed E-state index contributed by atoms with van der Waals surface area (Å²) in [5.74, 6) is -2.45. The van der Waals surface area contributed by atoms with Crippen LogP contribution in [0.15, 0.2) is 65.3 Å². The molecule has 0 aliphatic rings. The van der Waals surface area contributed by atoms with E-state index in [0.717, 1.165) is 34.2 Å². The van der Waals surface area contributed by atoms with E-state index in [0.29, 0.717) is 16.6 Å². The minimum Gasteiger partial charge on any atom is -0.446 e. The highest BCUT2D eigenvalue weighted by Crippen LogP contribution is 2.35. The molecule has 0 aliphatic heterocycles. The van der Waals surface area contributed by atoms with Crippen molar-refractivity contribution in [3.63, 3.8) is 0 Å². The van der Waals surface area contributed by atoms with E-state index < -0.39 is 23.6 Å². The van der Waals surface area contributed by atoms with E-state index in [9.17, 15) is 18.0 Å². The van der Waals surface area contributed by atoms with E-state index in [1.54, 1.807) is 6.07 Å². The van der Waals surface area contributed by atoms with Crippen molar-refractivity contribution in [1.29, 1.82) is 0 Å². The number of rotatable bonds is 3. The van der Waals surface area contributed by atoms with Gasteiger partial charge in [0, 0.05) is 22.5 Å². The van der Waals surface area contributed by atoms with Crippen LogP contribution >= 0.6 is 0 Å². The minimum atomic E-state index is -4.66. The smallest absolute Gasteiger partial charge is 0.446 e. The number of nitrogens with zero attached hydrogens (tertiary/aromatic N) is 1. The zero-order chi connectivity index (χ0) is 20.9. The van der Waals surface area contributed by atoms with E-state index in [1.165, 1.54) is 6.20 Å². The van der Waals surface area contributed by atoms with Gasteiger partial charge in [-0.15, -0.1) is 0 Å². The second-order valence-corrected chi connectivity index (χ2v) is 6.72. The summed E-state index contributed by atoms with van der Waals surface area (Å²) < 4.78 is 43.0. The molecule has 1 amide bonds. The molecule has 3 heterocycles. The fraction of sp³-hybridized carbons (Fsp3) is 0.0476. The van der Waals surface area contributed by atoms with Crippen LogP contribution in [-0.4, -0.2) is 21.1 Å². The monoisotopic (exact) mass is 410 g/mol. The lowest BCUT2D eigenvalue weighted by Crippen LogP contribution is -2.11. The van der Waals surface area contributed by atoms with Crippen LogP contribution in [0.5, 0.6) is 0 Å². The molecule has 30 heavy (non-hydrogen) atoms. The molecule has 0 bridgehead atoms. The number of furan rings is 1. The highest BCUT2D eigenvalue weighted by molar-refractivity contribution is 6.09. The molecule has 0 atom stereocenters. The fourth-order valence-electron chi connectivity index (χ4n) is 3.44. The molecule has 0 spiro atoms. The van der Waals surface area contributed by atoms with Gasteiger partial charge in [-0.2, -0.15) is 18.3 Å². The first-order valence-corrected chi connectivity index (χ1v) is 8.92. The summed E-state index contributed by atoms with van der Waals surface area (Å²) in [6.45, 7) is 0. The maximum atomic E-state index is 12.8. The number of fused-ring (bicyclic) bond motifs is 2. The third-order valence-corrected chi connectivity index (χ3v) is 4.82. The van der Waals surface area contributed by atoms with E-state index in [4.69, 9.17) is 0 Å². The Balaban J connectivity index is 1.56. The van der Waals surface area contributed by atoms with Crippen molar-refractivity contribution in [2.24, 2.45) is 0 Å². The number of carbonyl (C=O) groups is 1. The molecule has 150 valence electrons. The van der Waals surface area contributed by atoms with Crippen LogP contribution in [0.3, 0.4) is 0 Å². The number of aromatic nitrogens is 3. The second-order valence-electron chi connectivity index (χ2n) is 6.72. The number of alkyl halides is 3. The molecule has 0 saturated carbocycles. The highest BCUT2D eigenvalue weighted by atomic mass is 19.4. The number of nitrogens with one attached hydrogen (secondary N) is 3. The molecule has 5 aromatic rings. The van der Waals surface area contributed by atoms with Gasteiger partial charge < -0.3 is 14.7 Å². The zero-order valence-corrected chi connectivity index (χ0v) is 15.2. The number of carbonyl (C=O) groups excluding carboxylic acids is 1. The van der Waals surface area contributed by atoms with E-state index in [1.807, 2.05) is 36.5 Å². The fourth-order valence-corrected chi connectivity index (χ4v) is 3.44. The Labute approximate surface area is 166 Å². The number of hydrogen-bond acceptors (Lipinski definition) is 3. The first-order valence-electron chi connectivity index (χ1n) is 8.92. The van der Waals surface area contributed by atoms with Crippen LogP contribution in [-0.2, 0) is 6.18 Å². The third-order valence-electron chi connectivity index (χ3n) is 4.82. The zero-order valence-electron chi connectivity index (χ0n) is 15.2. The summed E-state index contributed by atoms with van der Waals surface area (Å²) in [5.41, 5.74) is 3.77. The van der Waals surface area contributed by atoms with Crippen molar-refractivity contribution < 1.29 is 22.4 Å². The molecule has 3 N–H and O–H groups in total. The predicted octanol–water partition coefficient (Wildman–Crippen LogP) is 5.58. The average molecular weight is 410 g/mol. The molecule has 3 aromatic heterocycles. The molecule has 6 nitrogen and oxygen atoms in total. The molecule has 0 radical (unpaired) electrons. The predicted molar refractivity (Wildman–Crippen MR) is 105 cm³/mol. The summed E-state index contributed by atoms with van der Waals surface area (Å²) in [4.78, 5) is 15.7. The van der Waals surface area contributed by atoms with Crippen LogP contribution in [0.1, 0.15) is 16.3 Å². The molecule has 0 aliphatic carbocycles. The topological polar surface area (TPSA) is 86.7 Å². The minimum absolute atomic E-state index is 0.402. The van der Waals surface area contributed by atoms with Crippen LogP contribution in [0.25, 0.3) is 32.9 Å². The number of hydrogen-bond donors (Lipinski definition) is 3. The van der Waals surface area contributed by atoms with Gasteiger partial charge in [-0.3, -0.25) is 9.89 Å². The molecule has 5 rings (SSSR count). The lowest BCUT2D eigenvalue weighted by atomic mass is 9.99. The van der Waals surface area contributed by atoms with Crippen LogP contribution in [0, 0.1) is 0 Å². The van der Waals surface area contributed by atoms with Gasteiger partial charge in [-0.25, -0.2) is 0 Å². The second kappa shape index (κ2) is 6.51. The standard InChI is InChI=1S/C21H13F3N4O2/c22-21(23,24)19-5-4-18(30-19)20(29)27-16-8-11(9-17-14(16)10-26-28-17)12-2-1-3-15-13(12)6-7-25-15/h1-10,25H,(H,26,28)(H,27,29). The third kappa shape index (κ3) is 3.00. The van der Waals surface area contributed by atoms with Gasteiger partial charge >= 0.3 is 6.18 Å². The molecule has 0 unspecified atom stereocenters. The Morgan fingerprint density at radius 3 is 2.70 bits per heavy atom. The lowest BCUT2D eigenvalue weighted by molar-refractivity contribution is -0.153. The maximum Gasteiger partial charge on any atom is 0.449 e. The molecular formula is C21H13F3N4O2. The summed E-state index contributed by atoms with van der Waals surface area (Å²) in [6.07, 6.45) is -1.29. The van der Waals surface area contributed by atoms with Crippen molar-refractivity contribution in [2.75, 3.05) is 5.32 Å². The molecular weight excluding hydrogens is 397 g/mol. The van der Waals surface area contributed by atoms with Crippen molar-refractivity contribution in [3.05, 3.63) is 72.4 Å². The Kier molecular flexibility index (Phi) is 3.92. The summed E-state index contributed by atoms with van der Waals surface area (Å²) >= 11 is 0. The molecule has 0 fully saturated rings. The molecule has 0 saturated heterocycles. The average Bonchev–Trinajstić information content (AvgIpc) is 3.46. The van der Waals surface area contributed by atoms with Crippen molar-refractivity contribution in [3.8, 4) is 11.1 Å². The van der Waals surface area contributed by atoms with E-state index in [-0.39, 0.29) is 0 Å². The number of benzene rings is 2. The summed E-state index contributed by atoms with van der Waals surface area (Å²) in [5, 5.41) is 11.1. The summed E-state index contributed by atoms with van der Waals surface area (Å²) in [6, 6.07) is 13.1.